The molecule has 0 fully saturated rings. The van der Waals surface area contributed by atoms with Crippen LogP contribution in [0.25, 0.3) is 0 Å². The summed E-state index contributed by atoms with van der Waals surface area (Å²) < 4.78 is 29.1. The molecule has 0 spiro atoms. The summed E-state index contributed by atoms with van der Waals surface area (Å²) in [5.41, 5.74) is 2.02. The Balaban J connectivity index is 1.87. The molecule has 1 aliphatic rings. The van der Waals surface area contributed by atoms with Crippen molar-refractivity contribution in [2.45, 2.75) is 31.7 Å². The predicted molar refractivity (Wildman–Crippen MR) is 108 cm³/mol. The minimum Gasteiger partial charge on any atom is -0.335 e. The molecule has 1 amide bonds. The van der Waals surface area contributed by atoms with E-state index in [0.29, 0.717) is 34.1 Å². The zero-order chi connectivity index (χ0) is 20.5. The number of fused-ring (bicyclic) bond motifs is 1. The van der Waals surface area contributed by atoms with Crippen LogP contribution in [-0.4, -0.2) is 30.9 Å². The van der Waals surface area contributed by atoms with E-state index in [-0.39, 0.29) is 23.9 Å². The van der Waals surface area contributed by atoms with Gasteiger partial charge in [-0.2, -0.15) is 8.78 Å². The van der Waals surface area contributed by atoms with Crippen molar-refractivity contribution in [3.8, 4) is 0 Å². The van der Waals surface area contributed by atoms with Crippen LogP contribution in [0.1, 0.15) is 35.2 Å². The molecule has 1 aliphatic heterocycles. The first-order valence-corrected chi connectivity index (χ1v) is 9.89. The lowest BCUT2D eigenvalue weighted by atomic mass is 9.87. The zero-order valence-electron chi connectivity index (χ0n) is 15.7. The third-order valence-corrected chi connectivity index (χ3v) is 5.94. The Morgan fingerprint density at radius 2 is 1.86 bits per heavy atom. The number of rotatable bonds is 5. The second kappa shape index (κ2) is 8.36. The highest BCUT2D eigenvalue weighted by molar-refractivity contribution is 6.36. The van der Waals surface area contributed by atoms with Crippen molar-refractivity contribution in [1.29, 1.82) is 0 Å². The van der Waals surface area contributed by atoms with Crippen LogP contribution in [0.15, 0.2) is 36.4 Å². The normalized spacial score (nSPS) is 16.8. The summed E-state index contributed by atoms with van der Waals surface area (Å²) in [7, 11) is 1.51. The summed E-state index contributed by atoms with van der Waals surface area (Å²) in [4.78, 5) is 14.6. The highest BCUT2D eigenvalue weighted by Crippen LogP contribution is 2.38. The molecule has 2 aromatic carbocycles. The third kappa shape index (κ3) is 4.02. The summed E-state index contributed by atoms with van der Waals surface area (Å²) in [6.07, 6.45) is 0.463. The monoisotopic (exact) mass is 426 g/mol. The van der Waals surface area contributed by atoms with Crippen molar-refractivity contribution in [1.82, 2.24) is 10.2 Å². The average Bonchev–Trinajstić information content (AvgIpc) is 2.64. The maximum atomic E-state index is 14.5. The van der Waals surface area contributed by atoms with E-state index in [2.05, 4.69) is 5.32 Å². The molecular weight excluding hydrogens is 405 g/mol. The fourth-order valence-corrected chi connectivity index (χ4v) is 4.35. The van der Waals surface area contributed by atoms with Gasteiger partial charge in [-0.05, 0) is 49.2 Å². The second-order valence-electron chi connectivity index (χ2n) is 7.00. The first-order chi connectivity index (χ1) is 13.3. The van der Waals surface area contributed by atoms with E-state index in [4.69, 9.17) is 23.2 Å². The number of alkyl halides is 2. The lowest BCUT2D eigenvalue weighted by Crippen LogP contribution is -2.41. The highest BCUT2D eigenvalue weighted by Gasteiger charge is 2.37. The molecule has 0 bridgehead atoms. The molecule has 150 valence electrons. The first kappa shape index (κ1) is 21.0. The van der Waals surface area contributed by atoms with Crippen molar-refractivity contribution in [3.05, 3.63) is 68.7 Å². The summed E-state index contributed by atoms with van der Waals surface area (Å²) in [6.45, 7) is 1.82. The number of nitrogens with zero attached hydrogens (tertiary/aromatic N) is 1. The number of likely N-dealkylation sites (N-methyl/N-ethyl adjacent to an activating group) is 1. The topological polar surface area (TPSA) is 32.3 Å². The molecule has 1 atom stereocenters. The highest BCUT2D eigenvalue weighted by atomic mass is 35.5. The van der Waals surface area contributed by atoms with Gasteiger partial charge in [0, 0.05) is 22.2 Å². The third-order valence-electron chi connectivity index (χ3n) is 5.24. The van der Waals surface area contributed by atoms with Gasteiger partial charge in [0.25, 0.3) is 5.92 Å². The Hall–Kier alpha value is -1.69. The van der Waals surface area contributed by atoms with E-state index in [9.17, 15) is 13.6 Å². The van der Waals surface area contributed by atoms with Crippen LogP contribution in [-0.2, 0) is 23.6 Å². The molecular formula is C21H22Cl2F2N2O. The minimum atomic E-state index is -2.96. The molecule has 0 aliphatic carbocycles. The van der Waals surface area contributed by atoms with E-state index in [1.54, 1.807) is 29.2 Å². The summed E-state index contributed by atoms with van der Waals surface area (Å²) >= 11 is 12.4. The minimum absolute atomic E-state index is 0.0347. The molecule has 2 aromatic rings. The van der Waals surface area contributed by atoms with Crippen LogP contribution in [0.4, 0.5) is 8.78 Å². The van der Waals surface area contributed by atoms with E-state index in [1.165, 1.54) is 13.1 Å². The van der Waals surface area contributed by atoms with Crippen LogP contribution < -0.4 is 5.32 Å². The Morgan fingerprint density at radius 3 is 2.50 bits per heavy atom. The van der Waals surface area contributed by atoms with Crippen LogP contribution >= 0.6 is 23.2 Å². The lowest BCUT2D eigenvalue weighted by molar-refractivity contribution is -0.133. The standard InChI is InChI=1S/C21H22Cl2F2N2O/c1-13-14-5-3-6-17(21(24,25)12-26-2)15(14)9-10-27(13)20(28)11-16-18(22)7-4-8-19(16)23/h3-8,13,26H,9-12H2,1-2H3/t13-/m0/s1. The lowest BCUT2D eigenvalue weighted by Gasteiger charge is -2.37. The molecule has 1 heterocycles. The number of carbonyl (C=O) groups excluding carboxylic acids is 1. The maximum Gasteiger partial charge on any atom is 0.285 e. The summed E-state index contributed by atoms with van der Waals surface area (Å²) in [5, 5.41) is 3.44. The van der Waals surface area contributed by atoms with Crippen LogP contribution in [0.3, 0.4) is 0 Å². The van der Waals surface area contributed by atoms with Gasteiger partial charge < -0.3 is 10.2 Å². The number of halogens is 4. The quantitative estimate of drug-likeness (QED) is 0.729. The SMILES string of the molecule is CNCC(F)(F)c1cccc2c1CCN(C(=O)Cc1c(Cl)cccc1Cl)[C@H]2C. The molecule has 3 rings (SSSR count). The van der Waals surface area contributed by atoms with Gasteiger partial charge in [0.15, 0.2) is 0 Å². The van der Waals surface area contributed by atoms with Crippen LogP contribution in [0.5, 0.6) is 0 Å². The molecule has 0 radical (unpaired) electrons. The van der Waals surface area contributed by atoms with Crippen molar-refractivity contribution in [3.63, 3.8) is 0 Å². The first-order valence-electron chi connectivity index (χ1n) is 9.13. The average molecular weight is 427 g/mol. The molecule has 1 N–H and O–H groups in total. The molecule has 0 saturated carbocycles. The number of hydrogen-bond donors (Lipinski definition) is 1. The Kier molecular flexibility index (Phi) is 6.28. The van der Waals surface area contributed by atoms with Gasteiger partial charge in [-0.3, -0.25) is 4.79 Å². The number of benzene rings is 2. The fourth-order valence-electron chi connectivity index (χ4n) is 3.82. The van der Waals surface area contributed by atoms with Crippen molar-refractivity contribution >= 4 is 29.1 Å². The van der Waals surface area contributed by atoms with E-state index in [0.717, 1.165) is 5.56 Å². The Morgan fingerprint density at radius 1 is 1.21 bits per heavy atom. The zero-order valence-corrected chi connectivity index (χ0v) is 17.2. The van der Waals surface area contributed by atoms with Crippen LogP contribution in [0, 0.1) is 0 Å². The van der Waals surface area contributed by atoms with Crippen LogP contribution in [0.2, 0.25) is 10.0 Å². The molecule has 28 heavy (non-hydrogen) atoms. The van der Waals surface area contributed by atoms with Gasteiger partial charge in [0.2, 0.25) is 5.91 Å². The number of amides is 1. The second-order valence-corrected chi connectivity index (χ2v) is 7.81. The van der Waals surface area contributed by atoms with E-state index in [1.807, 2.05) is 13.0 Å². The van der Waals surface area contributed by atoms with Crippen molar-refractivity contribution < 1.29 is 13.6 Å². The number of carbonyl (C=O) groups is 1. The smallest absolute Gasteiger partial charge is 0.285 e. The Bertz CT molecular complexity index is 868. The largest absolute Gasteiger partial charge is 0.335 e. The Labute approximate surface area is 173 Å². The van der Waals surface area contributed by atoms with E-state index >= 15 is 0 Å². The summed E-state index contributed by atoms with van der Waals surface area (Å²) in [6, 6.07) is 9.74. The van der Waals surface area contributed by atoms with Gasteiger partial charge >= 0.3 is 0 Å². The van der Waals surface area contributed by atoms with Gasteiger partial charge in [0.05, 0.1) is 19.0 Å². The molecule has 3 nitrogen and oxygen atoms in total. The fraction of sp³-hybridized carbons (Fsp3) is 0.381. The van der Waals surface area contributed by atoms with Gasteiger partial charge in [0.1, 0.15) is 0 Å². The molecule has 7 heteroatoms. The van der Waals surface area contributed by atoms with Gasteiger partial charge in [-0.1, -0.05) is 47.5 Å². The van der Waals surface area contributed by atoms with Gasteiger partial charge in [-0.25, -0.2) is 0 Å². The predicted octanol–water partition coefficient (Wildman–Crippen LogP) is 4.99. The molecule has 0 unspecified atom stereocenters. The maximum absolute atomic E-state index is 14.5. The molecule has 0 aromatic heterocycles. The molecule has 0 saturated heterocycles. The van der Waals surface area contributed by atoms with Crippen molar-refractivity contribution in [2.75, 3.05) is 20.1 Å². The number of hydrogen-bond acceptors (Lipinski definition) is 2. The van der Waals surface area contributed by atoms with E-state index < -0.39 is 12.5 Å². The van der Waals surface area contributed by atoms with Crippen molar-refractivity contribution in [2.24, 2.45) is 0 Å². The van der Waals surface area contributed by atoms with Gasteiger partial charge in [-0.15, -0.1) is 0 Å². The summed E-state index contributed by atoms with van der Waals surface area (Å²) in [5.74, 6) is -3.09. The number of nitrogens with one attached hydrogen (secondary N) is 1.